The van der Waals surface area contributed by atoms with Crippen molar-refractivity contribution in [3.63, 3.8) is 0 Å². The molecule has 2 heterocycles. The second-order valence-corrected chi connectivity index (χ2v) is 6.84. The number of rotatable bonds is 4. The molecule has 0 saturated carbocycles. The third kappa shape index (κ3) is 3.54. The second kappa shape index (κ2) is 7.61. The fourth-order valence-corrected chi connectivity index (χ4v) is 3.34. The number of hydrogen-bond donors (Lipinski definition) is 2. The number of nitrogens with zero attached hydrogens (tertiary/aromatic N) is 3. The van der Waals surface area contributed by atoms with Gasteiger partial charge in [0.25, 0.3) is 5.91 Å². The zero-order valence-electron chi connectivity index (χ0n) is 16.2. The highest BCUT2D eigenvalue weighted by molar-refractivity contribution is 6.11. The van der Waals surface area contributed by atoms with Gasteiger partial charge in [0.2, 0.25) is 0 Å². The normalized spacial score (nSPS) is 10.7. The van der Waals surface area contributed by atoms with Gasteiger partial charge in [-0.15, -0.1) is 0 Å². The van der Waals surface area contributed by atoms with Gasteiger partial charge in [0, 0.05) is 22.7 Å². The first-order valence-electron chi connectivity index (χ1n) is 9.51. The Kier molecular flexibility index (Phi) is 4.50. The number of H-pyrrole nitrogens is 1. The van der Waals surface area contributed by atoms with E-state index in [1.165, 1.54) is 6.33 Å². The van der Waals surface area contributed by atoms with Crippen LogP contribution in [0.4, 0.5) is 5.69 Å². The van der Waals surface area contributed by atoms with Crippen molar-refractivity contribution < 1.29 is 9.53 Å². The summed E-state index contributed by atoms with van der Waals surface area (Å²) in [6.07, 6.45) is 3.04. The lowest BCUT2D eigenvalue weighted by atomic mass is 10.1. The van der Waals surface area contributed by atoms with Gasteiger partial charge in [0.15, 0.2) is 0 Å². The smallest absolute Gasteiger partial charge is 0.255 e. The van der Waals surface area contributed by atoms with E-state index in [1.807, 2.05) is 36.4 Å². The number of aromatic amines is 1. The first kappa shape index (κ1) is 18.3. The molecule has 0 aliphatic heterocycles. The molecule has 7 heteroatoms. The Morgan fingerprint density at radius 3 is 2.42 bits per heavy atom. The number of fused-ring (bicyclic) bond motifs is 2. The highest BCUT2D eigenvalue weighted by Crippen LogP contribution is 2.29. The van der Waals surface area contributed by atoms with Gasteiger partial charge in [-0.25, -0.2) is 9.97 Å². The molecule has 0 aliphatic carbocycles. The van der Waals surface area contributed by atoms with Crippen LogP contribution in [0.1, 0.15) is 15.9 Å². The number of hydrogen-bond acceptors (Lipinski definition) is 5. The average molecular weight is 405 g/mol. The maximum atomic E-state index is 12.9. The van der Waals surface area contributed by atoms with Gasteiger partial charge in [-0.3, -0.25) is 4.79 Å². The molecule has 2 N–H and O–H groups in total. The minimum absolute atomic E-state index is 0.323. The average Bonchev–Trinajstić information content (AvgIpc) is 3.26. The van der Waals surface area contributed by atoms with E-state index in [4.69, 9.17) is 4.74 Å². The first-order valence-corrected chi connectivity index (χ1v) is 9.51. The molecule has 31 heavy (non-hydrogen) atoms. The van der Waals surface area contributed by atoms with Crippen LogP contribution in [-0.2, 0) is 0 Å². The van der Waals surface area contributed by atoms with Crippen LogP contribution in [0.25, 0.3) is 21.9 Å². The lowest BCUT2D eigenvalue weighted by Crippen LogP contribution is -2.13. The Morgan fingerprint density at radius 2 is 1.68 bits per heavy atom. The standard InChI is InChI=1S/C24H15N5O2/c25-12-16-13-26-20-11-22-21(27-14-28-22)10-19(20)23(16)29-24(30)15-6-8-18(9-7-15)31-17-4-2-1-3-5-17/h1-11,13-14,26H,(H,29,30). The molecular formula is C24H15N5O2. The summed E-state index contributed by atoms with van der Waals surface area (Å²) in [5.41, 5.74) is 3.36. The third-order valence-electron chi connectivity index (χ3n) is 4.87. The van der Waals surface area contributed by atoms with Crippen molar-refractivity contribution in [2.45, 2.75) is 0 Å². The van der Waals surface area contributed by atoms with Crippen LogP contribution in [0, 0.1) is 11.3 Å². The number of para-hydroxylation sites is 1. The Labute approximate surface area is 177 Å². The molecule has 0 fully saturated rings. The second-order valence-electron chi connectivity index (χ2n) is 6.84. The molecule has 148 valence electrons. The van der Waals surface area contributed by atoms with Gasteiger partial charge in [-0.2, -0.15) is 5.26 Å². The van der Waals surface area contributed by atoms with Crippen molar-refractivity contribution in [3.05, 3.63) is 90.4 Å². The number of benzene rings is 3. The molecule has 5 aromatic rings. The lowest BCUT2D eigenvalue weighted by molar-refractivity contribution is 0.102. The number of carbonyl (C=O) groups is 1. The number of ether oxygens (including phenoxy) is 1. The summed E-state index contributed by atoms with van der Waals surface area (Å²) in [6.45, 7) is 0. The summed E-state index contributed by atoms with van der Waals surface area (Å²) in [5.74, 6) is 1.01. The number of imidazole rings is 1. The van der Waals surface area contributed by atoms with E-state index >= 15 is 0 Å². The van der Waals surface area contributed by atoms with Crippen LogP contribution in [-0.4, -0.2) is 20.9 Å². The monoisotopic (exact) mass is 405 g/mol. The molecule has 2 aromatic heterocycles. The van der Waals surface area contributed by atoms with E-state index < -0.39 is 0 Å². The number of carbonyl (C=O) groups excluding carboxylic acids is 1. The number of nitrogens with one attached hydrogen (secondary N) is 2. The van der Waals surface area contributed by atoms with Crippen LogP contribution >= 0.6 is 0 Å². The Balaban J connectivity index is 1.45. The van der Waals surface area contributed by atoms with Crippen molar-refractivity contribution in [1.82, 2.24) is 15.0 Å². The van der Waals surface area contributed by atoms with E-state index in [9.17, 15) is 10.1 Å². The third-order valence-corrected chi connectivity index (χ3v) is 4.87. The van der Waals surface area contributed by atoms with E-state index in [0.29, 0.717) is 39.2 Å². The fraction of sp³-hybridized carbons (Fsp3) is 0. The highest BCUT2D eigenvalue weighted by Gasteiger charge is 2.15. The summed E-state index contributed by atoms with van der Waals surface area (Å²) in [5, 5.41) is 13.1. The van der Waals surface area contributed by atoms with E-state index in [1.54, 1.807) is 36.5 Å². The van der Waals surface area contributed by atoms with Crippen molar-refractivity contribution in [2.24, 2.45) is 0 Å². The lowest BCUT2D eigenvalue weighted by Gasteiger charge is -2.12. The van der Waals surface area contributed by atoms with Gasteiger partial charge < -0.3 is 15.0 Å². The zero-order chi connectivity index (χ0) is 21.2. The van der Waals surface area contributed by atoms with Crippen molar-refractivity contribution in [3.8, 4) is 17.6 Å². The summed E-state index contributed by atoms with van der Waals surface area (Å²) in [7, 11) is 0. The summed E-state index contributed by atoms with van der Waals surface area (Å²) in [6, 6.07) is 22.0. The topological polar surface area (TPSA) is 104 Å². The molecule has 0 unspecified atom stereocenters. The van der Waals surface area contributed by atoms with Crippen LogP contribution in [0.15, 0.2) is 79.3 Å². The molecule has 0 spiro atoms. The van der Waals surface area contributed by atoms with Gasteiger partial charge >= 0.3 is 0 Å². The van der Waals surface area contributed by atoms with E-state index in [2.05, 4.69) is 26.3 Å². The number of anilines is 1. The SMILES string of the molecule is N#Cc1c[nH]c2cc3ncnc3cc2c1NC(=O)c1ccc(Oc2ccccc2)cc1. The predicted octanol–water partition coefficient (Wildman–Crippen LogP) is 5.03. The molecule has 0 bridgehead atoms. The first-order chi connectivity index (χ1) is 15.2. The largest absolute Gasteiger partial charge is 0.457 e. The number of pyridine rings is 1. The Morgan fingerprint density at radius 1 is 0.968 bits per heavy atom. The van der Waals surface area contributed by atoms with Gasteiger partial charge in [0.1, 0.15) is 23.9 Å². The number of amides is 1. The molecule has 5 rings (SSSR count). The van der Waals surface area contributed by atoms with Gasteiger partial charge in [-0.05, 0) is 48.5 Å². The molecule has 0 atom stereocenters. The minimum Gasteiger partial charge on any atom is -0.457 e. The van der Waals surface area contributed by atoms with Crippen molar-refractivity contribution in [1.29, 1.82) is 5.26 Å². The van der Waals surface area contributed by atoms with Gasteiger partial charge in [0.05, 0.1) is 22.3 Å². The van der Waals surface area contributed by atoms with Crippen molar-refractivity contribution in [2.75, 3.05) is 5.32 Å². The quantitative estimate of drug-likeness (QED) is 0.437. The van der Waals surface area contributed by atoms with E-state index in [0.717, 1.165) is 11.0 Å². The zero-order valence-corrected chi connectivity index (χ0v) is 16.2. The summed E-state index contributed by atoms with van der Waals surface area (Å²) in [4.78, 5) is 24.4. The number of aromatic nitrogens is 3. The Bertz CT molecular complexity index is 1450. The molecule has 0 aliphatic rings. The maximum absolute atomic E-state index is 12.9. The van der Waals surface area contributed by atoms with Crippen LogP contribution in [0.5, 0.6) is 11.5 Å². The molecule has 7 nitrogen and oxygen atoms in total. The Hall–Kier alpha value is -4.70. The molecule has 3 aromatic carbocycles. The molecular weight excluding hydrogens is 390 g/mol. The minimum atomic E-state index is -0.330. The van der Waals surface area contributed by atoms with Crippen LogP contribution < -0.4 is 10.1 Å². The van der Waals surface area contributed by atoms with Crippen LogP contribution in [0.3, 0.4) is 0 Å². The molecule has 0 radical (unpaired) electrons. The fourth-order valence-electron chi connectivity index (χ4n) is 3.34. The molecule has 0 saturated heterocycles. The van der Waals surface area contributed by atoms with Gasteiger partial charge in [-0.1, -0.05) is 18.2 Å². The van der Waals surface area contributed by atoms with Crippen LogP contribution in [0.2, 0.25) is 0 Å². The van der Waals surface area contributed by atoms with Crippen molar-refractivity contribution >= 4 is 33.5 Å². The maximum Gasteiger partial charge on any atom is 0.255 e. The summed E-state index contributed by atoms with van der Waals surface area (Å²) < 4.78 is 5.77. The highest BCUT2D eigenvalue weighted by atomic mass is 16.5. The molecule has 1 amide bonds. The number of nitriles is 1. The predicted molar refractivity (Wildman–Crippen MR) is 117 cm³/mol. The summed E-state index contributed by atoms with van der Waals surface area (Å²) >= 11 is 0. The van der Waals surface area contributed by atoms with E-state index in [-0.39, 0.29) is 5.91 Å².